The molecule has 2 rings (SSSR count). The van der Waals surface area contributed by atoms with Crippen LogP contribution in [-0.2, 0) is 6.54 Å². The third kappa shape index (κ3) is 3.32. The zero-order chi connectivity index (χ0) is 13.8. The Morgan fingerprint density at radius 3 is 2.37 bits per heavy atom. The van der Waals surface area contributed by atoms with E-state index < -0.39 is 5.75 Å². The molecule has 19 heavy (non-hydrogen) atoms. The number of phenolic OH excluding ortho intramolecular Hbond substituents is 3. The molecular formula is C15H23NO3. The zero-order valence-corrected chi connectivity index (χ0v) is 11.4. The van der Waals surface area contributed by atoms with Crippen LogP contribution in [0.25, 0.3) is 0 Å². The lowest BCUT2D eigenvalue weighted by molar-refractivity contribution is 0.284. The van der Waals surface area contributed by atoms with Gasteiger partial charge in [0, 0.05) is 18.2 Å². The Morgan fingerprint density at radius 1 is 1.05 bits per heavy atom. The van der Waals surface area contributed by atoms with Crippen LogP contribution < -0.4 is 5.32 Å². The summed E-state index contributed by atoms with van der Waals surface area (Å²) in [6.45, 7) is 2.76. The summed E-state index contributed by atoms with van der Waals surface area (Å²) < 4.78 is 0. The van der Waals surface area contributed by atoms with Crippen LogP contribution in [0.3, 0.4) is 0 Å². The SMILES string of the molecule is CCC1CCC(NCc2ccc(O)c(O)c2O)CC1. The third-order valence-electron chi connectivity index (χ3n) is 4.22. The second-order valence-corrected chi connectivity index (χ2v) is 5.45. The maximum atomic E-state index is 9.74. The van der Waals surface area contributed by atoms with Gasteiger partial charge in [0.15, 0.2) is 11.5 Å². The maximum Gasteiger partial charge on any atom is 0.200 e. The van der Waals surface area contributed by atoms with E-state index in [1.54, 1.807) is 6.07 Å². The van der Waals surface area contributed by atoms with Crippen LogP contribution in [-0.4, -0.2) is 21.4 Å². The van der Waals surface area contributed by atoms with E-state index in [1.807, 2.05) is 0 Å². The lowest BCUT2D eigenvalue weighted by Crippen LogP contribution is -2.32. The molecule has 1 aliphatic rings. The van der Waals surface area contributed by atoms with Crippen molar-refractivity contribution in [3.8, 4) is 17.2 Å². The van der Waals surface area contributed by atoms with E-state index in [-0.39, 0.29) is 11.5 Å². The minimum atomic E-state index is -0.436. The molecule has 0 aliphatic heterocycles. The topological polar surface area (TPSA) is 72.7 Å². The summed E-state index contributed by atoms with van der Waals surface area (Å²) >= 11 is 0. The molecule has 0 spiro atoms. The Labute approximate surface area is 114 Å². The zero-order valence-electron chi connectivity index (χ0n) is 11.4. The Balaban J connectivity index is 1.88. The molecule has 0 radical (unpaired) electrons. The molecule has 1 aromatic rings. The Hall–Kier alpha value is -1.42. The Morgan fingerprint density at radius 2 is 1.74 bits per heavy atom. The van der Waals surface area contributed by atoms with Crippen molar-refractivity contribution < 1.29 is 15.3 Å². The minimum Gasteiger partial charge on any atom is -0.504 e. The smallest absolute Gasteiger partial charge is 0.200 e. The van der Waals surface area contributed by atoms with E-state index in [1.165, 1.54) is 38.2 Å². The summed E-state index contributed by atoms with van der Waals surface area (Å²) in [4.78, 5) is 0. The molecule has 1 saturated carbocycles. The van der Waals surface area contributed by atoms with Gasteiger partial charge in [-0.3, -0.25) is 0 Å². The van der Waals surface area contributed by atoms with Crippen molar-refractivity contribution in [3.63, 3.8) is 0 Å². The highest BCUT2D eigenvalue weighted by atomic mass is 16.3. The number of hydrogen-bond acceptors (Lipinski definition) is 4. The molecule has 4 N–H and O–H groups in total. The van der Waals surface area contributed by atoms with Gasteiger partial charge in [0.2, 0.25) is 5.75 Å². The third-order valence-corrected chi connectivity index (χ3v) is 4.22. The van der Waals surface area contributed by atoms with Crippen LogP contribution in [0.4, 0.5) is 0 Å². The number of benzene rings is 1. The monoisotopic (exact) mass is 265 g/mol. The molecule has 1 aromatic carbocycles. The van der Waals surface area contributed by atoms with Gasteiger partial charge in [-0.25, -0.2) is 0 Å². The molecule has 0 amide bonds. The first-order chi connectivity index (χ1) is 9.11. The van der Waals surface area contributed by atoms with Crippen molar-refractivity contribution in [1.29, 1.82) is 0 Å². The predicted molar refractivity (Wildman–Crippen MR) is 74.3 cm³/mol. The van der Waals surface area contributed by atoms with E-state index in [0.717, 1.165) is 5.92 Å². The molecule has 4 nitrogen and oxygen atoms in total. The molecule has 106 valence electrons. The minimum absolute atomic E-state index is 0.227. The fraction of sp³-hybridized carbons (Fsp3) is 0.600. The highest BCUT2D eigenvalue weighted by Gasteiger charge is 2.20. The molecule has 1 fully saturated rings. The van der Waals surface area contributed by atoms with Crippen LogP contribution >= 0.6 is 0 Å². The number of aromatic hydroxyl groups is 3. The van der Waals surface area contributed by atoms with E-state index in [2.05, 4.69) is 12.2 Å². The number of hydrogen-bond donors (Lipinski definition) is 4. The van der Waals surface area contributed by atoms with Crippen LogP contribution in [0.15, 0.2) is 12.1 Å². The quantitative estimate of drug-likeness (QED) is 0.632. The average Bonchev–Trinajstić information content (AvgIpc) is 2.45. The summed E-state index contributed by atoms with van der Waals surface area (Å²) in [6.07, 6.45) is 6.13. The molecule has 0 saturated heterocycles. The van der Waals surface area contributed by atoms with E-state index in [4.69, 9.17) is 0 Å². The van der Waals surface area contributed by atoms with Gasteiger partial charge in [-0.1, -0.05) is 19.4 Å². The van der Waals surface area contributed by atoms with Crippen molar-refractivity contribution in [2.45, 2.75) is 51.6 Å². The number of rotatable bonds is 4. The predicted octanol–water partition coefficient (Wildman–Crippen LogP) is 2.86. The summed E-state index contributed by atoms with van der Waals surface area (Å²) in [6, 6.07) is 3.52. The highest BCUT2D eigenvalue weighted by Crippen LogP contribution is 2.37. The first-order valence-corrected chi connectivity index (χ1v) is 7.08. The van der Waals surface area contributed by atoms with Gasteiger partial charge in [-0.05, 0) is 37.7 Å². The molecule has 0 bridgehead atoms. The molecular weight excluding hydrogens is 242 g/mol. The van der Waals surface area contributed by atoms with E-state index in [9.17, 15) is 15.3 Å². The van der Waals surface area contributed by atoms with E-state index >= 15 is 0 Å². The molecule has 0 unspecified atom stereocenters. The molecule has 0 atom stereocenters. The van der Waals surface area contributed by atoms with Crippen molar-refractivity contribution in [2.24, 2.45) is 5.92 Å². The summed E-state index contributed by atoms with van der Waals surface area (Å²) in [5.41, 5.74) is 0.618. The van der Waals surface area contributed by atoms with Gasteiger partial charge in [-0.2, -0.15) is 0 Å². The van der Waals surface area contributed by atoms with Crippen molar-refractivity contribution in [2.75, 3.05) is 0 Å². The van der Waals surface area contributed by atoms with Crippen molar-refractivity contribution in [3.05, 3.63) is 17.7 Å². The van der Waals surface area contributed by atoms with Crippen LogP contribution in [0.1, 0.15) is 44.6 Å². The summed E-state index contributed by atoms with van der Waals surface area (Å²) in [5.74, 6) is -0.0855. The summed E-state index contributed by atoms with van der Waals surface area (Å²) in [7, 11) is 0. The van der Waals surface area contributed by atoms with E-state index in [0.29, 0.717) is 18.2 Å². The van der Waals surface area contributed by atoms with Crippen LogP contribution in [0, 0.1) is 5.92 Å². The Bertz CT molecular complexity index is 426. The Kier molecular flexibility index (Phi) is 4.53. The highest BCUT2D eigenvalue weighted by molar-refractivity contribution is 5.52. The van der Waals surface area contributed by atoms with Crippen molar-refractivity contribution >= 4 is 0 Å². The van der Waals surface area contributed by atoms with Crippen LogP contribution in [0.2, 0.25) is 0 Å². The van der Waals surface area contributed by atoms with Gasteiger partial charge in [-0.15, -0.1) is 0 Å². The average molecular weight is 265 g/mol. The summed E-state index contributed by atoms with van der Waals surface area (Å²) in [5, 5.41) is 31.9. The molecule has 4 heteroatoms. The van der Waals surface area contributed by atoms with Gasteiger partial charge in [0.25, 0.3) is 0 Å². The first kappa shape index (κ1) is 14.0. The molecule has 0 aromatic heterocycles. The fourth-order valence-electron chi connectivity index (χ4n) is 2.78. The largest absolute Gasteiger partial charge is 0.504 e. The lowest BCUT2D eigenvalue weighted by atomic mass is 9.84. The fourth-order valence-corrected chi connectivity index (χ4v) is 2.78. The molecule has 0 heterocycles. The molecule has 1 aliphatic carbocycles. The lowest BCUT2D eigenvalue weighted by Gasteiger charge is -2.28. The number of phenols is 3. The van der Waals surface area contributed by atoms with Crippen molar-refractivity contribution in [1.82, 2.24) is 5.32 Å². The maximum absolute atomic E-state index is 9.74. The van der Waals surface area contributed by atoms with Gasteiger partial charge in [0.1, 0.15) is 0 Å². The van der Waals surface area contributed by atoms with Crippen LogP contribution in [0.5, 0.6) is 17.2 Å². The second kappa shape index (κ2) is 6.15. The standard InChI is InChI=1S/C15H23NO3/c1-2-10-3-6-12(7-4-10)16-9-11-5-8-13(17)15(19)14(11)18/h5,8,10,12,16-19H,2-4,6-7,9H2,1H3. The van der Waals surface area contributed by atoms with Gasteiger partial charge >= 0.3 is 0 Å². The van der Waals surface area contributed by atoms with Gasteiger partial charge in [0.05, 0.1) is 0 Å². The first-order valence-electron chi connectivity index (χ1n) is 7.08. The second-order valence-electron chi connectivity index (χ2n) is 5.45. The van der Waals surface area contributed by atoms with Gasteiger partial charge < -0.3 is 20.6 Å². The normalized spacial score (nSPS) is 23.4. The number of nitrogens with one attached hydrogen (secondary N) is 1.